The van der Waals surface area contributed by atoms with Crippen LogP contribution in [0.4, 0.5) is 11.4 Å². The normalized spacial score (nSPS) is 10.9. The summed E-state index contributed by atoms with van der Waals surface area (Å²) in [7, 11) is 1.14. The van der Waals surface area contributed by atoms with E-state index in [4.69, 9.17) is 9.47 Å². The van der Waals surface area contributed by atoms with E-state index in [9.17, 15) is 13.2 Å². The number of rotatable bonds is 6. The van der Waals surface area contributed by atoms with Crippen LogP contribution in [0.25, 0.3) is 0 Å². The standard InChI is InChI=1S/C17H20N2O5S/c1-19(25(4,21)22)13-7-5-12(6-8-13)17(20)18-15-11-14(23-2)9-10-16(15)24-3/h5-11H,1-4H3,(H,18,20). The molecule has 0 fully saturated rings. The molecule has 2 aromatic carbocycles. The Hall–Kier alpha value is -2.74. The molecular formula is C17H20N2O5S. The van der Waals surface area contributed by atoms with Gasteiger partial charge in [-0.05, 0) is 36.4 Å². The number of carbonyl (C=O) groups excluding carboxylic acids is 1. The topological polar surface area (TPSA) is 84.9 Å². The summed E-state index contributed by atoms with van der Waals surface area (Å²) in [6.45, 7) is 0. The molecule has 2 rings (SSSR count). The molecule has 7 nitrogen and oxygen atoms in total. The van der Waals surface area contributed by atoms with Gasteiger partial charge in [-0.15, -0.1) is 0 Å². The van der Waals surface area contributed by atoms with Gasteiger partial charge in [-0.2, -0.15) is 0 Å². The lowest BCUT2D eigenvalue weighted by atomic mass is 10.2. The molecule has 1 amide bonds. The number of hydrogen-bond acceptors (Lipinski definition) is 5. The van der Waals surface area contributed by atoms with Crippen LogP contribution in [-0.4, -0.2) is 41.8 Å². The molecule has 0 heterocycles. The van der Waals surface area contributed by atoms with Gasteiger partial charge in [0.05, 0.1) is 31.9 Å². The van der Waals surface area contributed by atoms with Crippen LogP contribution >= 0.6 is 0 Å². The van der Waals surface area contributed by atoms with E-state index >= 15 is 0 Å². The van der Waals surface area contributed by atoms with Gasteiger partial charge in [0.15, 0.2) is 0 Å². The Labute approximate surface area is 147 Å². The Morgan fingerprint density at radius 2 is 1.68 bits per heavy atom. The third kappa shape index (κ3) is 4.42. The summed E-state index contributed by atoms with van der Waals surface area (Å²) in [6.07, 6.45) is 1.11. The Bertz CT molecular complexity index is 863. The van der Waals surface area contributed by atoms with Gasteiger partial charge >= 0.3 is 0 Å². The Morgan fingerprint density at radius 3 is 2.20 bits per heavy atom. The number of amides is 1. The Kier molecular flexibility index (Phi) is 5.53. The van der Waals surface area contributed by atoms with Crippen LogP contribution in [0, 0.1) is 0 Å². The quantitative estimate of drug-likeness (QED) is 0.850. The van der Waals surface area contributed by atoms with Crippen LogP contribution in [0.5, 0.6) is 11.5 Å². The number of sulfonamides is 1. The van der Waals surface area contributed by atoms with Gasteiger partial charge in [0, 0.05) is 18.7 Å². The lowest BCUT2D eigenvalue weighted by molar-refractivity contribution is 0.102. The van der Waals surface area contributed by atoms with Crippen molar-refractivity contribution in [1.82, 2.24) is 0 Å². The predicted octanol–water partition coefficient (Wildman–Crippen LogP) is 2.35. The van der Waals surface area contributed by atoms with Crippen molar-refractivity contribution in [2.24, 2.45) is 0 Å². The molecule has 0 saturated heterocycles. The lowest BCUT2D eigenvalue weighted by Gasteiger charge is -2.17. The zero-order valence-electron chi connectivity index (χ0n) is 14.4. The summed E-state index contributed by atoms with van der Waals surface area (Å²) in [4.78, 5) is 12.4. The van der Waals surface area contributed by atoms with Crippen LogP contribution in [-0.2, 0) is 10.0 Å². The Balaban J connectivity index is 2.22. The van der Waals surface area contributed by atoms with Gasteiger partial charge in [-0.1, -0.05) is 0 Å². The highest BCUT2D eigenvalue weighted by Gasteiger charge is 2.14. The molecule has 8 heteroatoms. The number of nitrogens with zero attached hydrogens (tertiary/aromatic N) is 1. The molecule has 1 N–H and O–H groups in total. The third-order valence-electron chi connectivity index (χ3n) is 3.65. The molecule has 0 radical (unpaired) electrons. The van der Waals surface area contributed by atoms with Crippen molar-refractivity contribution in [3.8, 4) is 11.5 Å². The van der Waals surface area contributed by atoms with Gasteiger partial charge < -0.3 is 14.8 Å². The van der Waals surface area contributed by atoms with Crippen molar-refractivity contribution in [3.05, 3.63) is 48.0 Å². The monoisotopic (exact) mass is 364 g/mol. The van der Waals surface area contributed by atoms with Crippen molar-refractivity contribution in [1.29, 1.82) is 0 Å². The van der Waals surface area contributed by atoms with E-state index in [1.807, 2.05) is 0 Å². The van der Waals surface area contributed by atoms with E-state index in [-0.39, 0.29) is 5.91 Å². The van der Waals surface area contributed by atoms with Crippen LogP contribution in [0.15, 0.2) is 42.5 Å². The van der Waals surface area contributed by atoms with Gasteiger partial charge in [0.1, 0.15) is 11.5 Å². The highest BCUT2D eigenvalue weighted by atomic mass is 32.2. The van der Waals surface area contributed by atoms with Crippen LogP contribution < -0.4 is 19.1 Å². The maximum absolute atomic E-state index is 12.4. The van der Waals surface area contributed by atoms with Crippen molar-refractivity contribution in [3.63, 3.8) is 0 Å². The molecule has 2 aromatic rings. The highest BCUT2D eigenvalue weighted by Crippen LogP contribution is 2.29. The predicted molar refractivity (Wildman–Crippen MR) is 97.2 cm³/mol. The number of hydrogen-bond donors (Lipinski definition) is 1. The maximum atomic E-state index is 12.4. The summed E-state index contributed by atoms with van der Waals surface area (Å²) in [5.41, 5.74) is 1.33. The first-order valence-electron chi connectivity index (χ1n) is 7.33. The smallest absolute Gasteiger partial charge is 0.255 e. The molecule has 0 aliphatic heterocycles. The summed E-state index contributed by atoms with van der Waals surface area (Å²) < 4.78 is 34.6. The summed E-state index contributed by atoms with van der Waals surface area (Å²) in [6, 6.07) is 11.3. The molecule has 0 aliphatic carbocycles. The molecule has 0 unspecified atom stereocenters. The first kappa shape index (κ1) is 18.6. The minimum atomic E-state index is -3.35. The number of anilines is 2. The molecule has 25 heavy (non-hydrogen) atoms. The van der Waals surface area contributed by atoms with Crippen LogP contribution in [0.3, 0.4) is 0 Å². The largest absolute Gasteiger partial charge is 0.497 e. The molecule has 134 valence electrons. The van der Waals surface area contributed by atoms with Gasteiger partial charge in [-0.3, -0.25) is 9.10 Å². The zero-order valence-corrected chi connectivity index (χ0v) is 15.3. The second-order valence-corrected chi connectivity index (χ2v) is 7.31. The maximum Gasteiger partial charge on any atom is 0.255 e. The van der Waals surface area contributed by atoms with E-state index in [0.29, 0.717) is 28.4 Å². The average Bonchev–Trinajstić information content (AvgIpc) is 2.60. The first-order valence-corrected chi connectivity index (χ1v) is 9.18. The fourth-order valence-corrected chi connectivity index (χ4v) is 2.63. The number of benzene rings is 2. The summed E-state index contributed by atoms with van der Waals surface area (Å²) in [5.74, 6) is 0.740. The average molecular weight is 364 g/mol. The zero-order chi connectivity index (χ0) is 18.6. The van der Waals surface area contributed by atoms with Crippen LogP contribution in [0.1, 0.15) is 10.4 Å². The molecular weight excluding hydrogens is 344 g/mol. The second kappa shape index (κ2) is 7.43. The molecule has 0 bridgehead atoms. The third-order valence-corrected chi connectivity index (χ3v) is 4.85. The number of nitrogens with one attached hydrogen (secondary N) is 1. The fourth-order valence-electron chi connectivity index (χ4n) is 2.12. The second-order valence-electron chi connectivity index (χ2n) is 5.30. The molecule has 0 spiro atoms. The van der Waals surface area contributed by atoms with Gasteiger partial charge in [0.25, 0.3) is 5.91 Å². The number of carbonyl (C=O) groups is 1. The van der Waals surface area contributed by atoms with E-state index < -0.39 is 10.0 Å². The summed E-state index contributed by atoms with van der Waals surface area (Å²) in [5, 5.41) is 2.76. The first-order chi connectivity index (χ1) is 11.8. The van der Waals surface area contributed by atoms with E-state index in [2.05, 4.69) is 5.32 Å². The molecule has 0 saturated carbocycles. The highest BCUT2D eigenvalue weighted by molar-refractivity contribution is 7.92. The van der Waals surface area contributed by atoms with Crippen molar-refractivity contribution in [2.75, 3.05) is 37.1 Å². The van der Waals surface area contributed by atoms with Gasteiger partial charge in [-0.25, -0.2) is 8.42 Å². The van der Waals surface area contributed by atoms with Crippen molar-refractivity contribution >= 4 is 27.3 Å². The molecule has 0 aliphatic rings. The number of ether oxygens (including phenoxy) is 2. The minimum absolute atomic E-state index is 0.347. The molecule has 0 atom stereocenters. The number of methoxy groups -OCH3 is 2. The van der Waals surface area contributed by atoms with Crippen molar-refractivity contribution in [2.45, 2.75) is 0 Å². The van der Waals surface area contributed by atoms with E-state index in [0.717, 1.165) is 10.6 Å². The van der Waals surface area contributed by atoms with Gasteiger partial charge in [0.2, 0.25) is 10.0 Å². The van der Waals surface area contributed by atoms with Crippen LogP contribution in [0.2, 0.25) is 0 Å². The fraction of sp³-hybridized carbons (Fsp3) is 0.235. The molecule has 0 aromatic heterocycles. The SMILES string of the molecule is COc1ccc(OC)c(NC(=O)c2ccc(N(C)S(C)(=O)=O)cc2)c1. The lowest BCUT2D eigenvalue weighted by Crippen LogP contribution is -2.24. The minimum Gasteiger partial charge on any atom is -0.497 e. The Morgan fingerprint density at radius 1 is 1.04 bits per heavy atom. The van der Waals surface area contributed by atoms with E-state index in [1.165, 1.54) is 21.3 Å². The van der Waals surface area contributed by atoms with Crippen molar-refractivity contribution < 1.29 is 22.7 Å². The van der Waals surface area contributed by atoms with E-state index in [1.54, 1.807) is 42.5 Å². The summed E-state index contributed by atoms with van der Waals surface area (Å²) >= 11 is 0.